The Morgan fingerprint density at radius 2 is 1.72 bits per heavy atom. The summed E-state index contributed by atoms with van der Waals surface area (Å²) in [5.74, 6) is -7.27. The number of anilines is 1. The third kappa shape index (κ3) is 4.66. The number of nitrogens with zero attached hydrogens (tertiary/aromatic N) is 3. The first-order valence-corrected chi connectivity index (χ1v) is 13.8. The van der Waals surface area contributed by atoms with Crippen molar-refractivity contribution in [3.63, 3.8) is 0 Å². The second kappa shape index (κ2) is 10.8. The van der Waals surface area contributed by atoms with Crippen molar-refractivity contribution < 1.29 is 39.3 Å². The molecule has 0 spiro atoms. The van der Waals surface area contributed by atoms with E-state index >= 15 is 4.48 Å². The molecule has 1 amide bonds. The summed E-state index contributed by atoms with van der Waals surface area (Å²) in [5.41, 5.74) is 3.24. The Balaban J connectivity index is 1.63. The number of phenolic OH excluding ortho intramolecular Hbond substituents is 1. The van der Waals surface area contributed by atoms with Crippen LogP contribution in [0.2, 0.25) is 0 Å². The van der Waals surface area contributed by atoms with Gasteiger partial charge < -0.3 is 31.1 Å². The van der Waals surface area contributed by atoms with Crippen molar-refractivity contribution >= 4 is 23.2 Å². The fourth-order valence-electron chi connectivity index (χ4n) is 6.89. The number of primary amides is 1. The van der Waals surface area contributed by atoms with E-state index in [9.17, 15) is 34.8 Å². The molecule has 0 aromatic heterocycles. The molecule has 0 radical (unpaired) electrons. The number of phenols is 1. The standard InChI is InChI=1S/C31H35FN4O7/c1-34(2)20-12-17(14-36(32)13-15-8-6-5-7-9-15)25(37)22-18(20)10-16-11-19-24(35(3)4)27(39)23(30(33)42)29(41)31(19,43)28(40)21(16)26(22)38/h5-9,12,16,19,24,37,39-40,43H,10-11,13-14H2,1-4H3,(H2,33,42)/t16-,19-,24-,31-/m0/s1. The minimum atomic E-state index is -2.73. The number of hydrogen-bond acceptors (Lipinski definition) is 10. The smallest absolute Gasteiger partial charge is 0.255 e. The van der Waals surface area contributed by atoms with Gasteiger partial charge in [-0.25, -0.2) is 0 Å². The number of aromatic hydroxyl groups is 1. The first-order chi connectivity index (χ1) is 20.2. The topological polar surface area (TPSA) is 168 Å². The average molecular weight is 595 g/mol. The number of allylic oxidation sites excluding steroid dienone is 1. The van der Waals surface area contributed by atoms with Crippen LogP contribution in [0.4, 0.5) is 10.2 Å². The molecule has 3 aliphatic rings. The highest BCUT2D eigenvalue weighted by molar-refractivity contribution is 6.25. The first kappa shape index (κ1) is 30.2. The number of nitrogens with two attached hydrogens (primary N) is 1. The van der Waals surface area contributed by atoms with Gasteiger partial charge in [-0.3, -0.25) is 19.3 Å². The van der Waals surface area contributed by atoms with Crippen LogP contribution in [0.25, 0.3) is 0 Å². The fourth-order valence-corrected chi connectivity index (χ4v) is 6.89. The van der Waals surface area contributed by atoms with Crippen LogP contribution in [-0.2, 0) is 29.1 Å². The molecule has 0 saturated heterocycles. The van der Waals surface area contributed by atoms with Crippen molar-refractivity contribution in [3.05, 3.63) is 81.3 Å². The monoisotopic (exact) mass is 594 g/mol. The van der Waals surface area contributed by atoms with Crippen LogP contribution in [0.5, 0.6) is 5.75 Å². The SMILES string of the molecule is CN(C)c1cc(CN(F)Cc2ccccc2)c(O)c2c1C[C@H]1C[C@H]3[C@H](N(C)C)C(O)=C(C(N)=O)C(=O)[C@@]3(O)C(O)=C1C2=O. The van der Waals surface area contributed by atoms with E-state index in [1.807, 2.05) is 6.07 Å². The summed E-state index contributed by atoms with van der Waals surface area (Å²) in [6.07, 6.45) is 0.121. The Kier molecular flexibility index (Phi) is 7.57. The minimum absolute atomic E-state index is 0.0174. The predicted molar refractivity (Wildman–Crippen MR) is 155 cm³/mol. The van der Waals surface area contributed by atoms with Crippen LogP contribution < -0.4 is 10.6 Å². The van der Waals surface area contributed by atoms with Crippen LogP contribution >= 0.6 is 0 Å². The minimum Gasteiger partial charge on any atom is -0.510 e. The van der Waals surface area contributed by atoms with E-state index in [0.29, 0.717) is 21.9 Å². The van der Waals surface area contributed by atoms with Crippen molar-refractivity contribution in [2.24, 2.45) is 17.6 Å². The molecule has 0 unspecified atom stereocenters. The number of Topliss-reactive ketones (excluding diaryl/α,β-unsaturated/α-hetero) is 2. The van der Waals surface area contributed by atoms with Gasteiger partial charge in [-0.15, -0.1) is 9.60 Å². The number of ketones is 2. The van der Waals surface area contributed by atoms with E-state index < -0.39 is 63.8 Å². The highest BCUT2D eigenvalue weighted by Crippen LogP contribution is 2.53. The van der Waals surface area contributed by atoms with Gasteiger partial charge in [0.15, 0.2) is 11.4 Å². The molecular formula is C31H35FN4O7. The van der Waals surface area contributed by atoms with Crippen molar-refractivity contribution in [1.82, 2.24) is 10.0 Å². The molecule has 5 rings (SSSR count). The van der Waals surface area contributed by atoms with Crippen LogP contribution in [0, 0.1) is 11.8 Å². The maximum Gasteiger partial charge on any atom is 0.255 e. The Bertz CT molecular complexity index is 1590. The van der Waals surface area contributed by atoms with E-state index in [1.54, 1.807) is 63.4 Å². The molecule has 0 bridgehead atoms. The second-order valence-corrected chi connectivity index (χ2v) is 11.9. The third-order valence-electron chi connectivity index (χ3n) is 8.80. The Morgan fingerprint density at radius 3 is 2.30 bits per heavy atom. The molecule has 0 fully saturated rings. The summed E-state index contributed by atoms with van der Waals surface area (Å²) in [7, 11) is 6.64. The van der Waals surface area contributed by atoms with E-state index in [1.165, 1.54) is 4.90 Å². The Hall–Kier alpha value is -4.26. The summed E-state index contributed by atoms with van der Waals surface area (Å²) in [6, 6.07) is 9.44. The molecule has 12 heteroatoms. The molecule has 0 heterocycles. The molecule has 3 aliphatic carbocycles. The number of aliphatic hydroxyl groups is 3. The van der Waals surface area contributed by atoms with Gasteiger partial charge in [0.1, 0.15) is 22.8 Å². The molecule has 43 heavy (non-hydrogen) atoms. The molecule has 11 nitrogen and oxygen atoms in total. The number of benzene rings is 2. The lowest BCUT2D eigenvalue weighted by molar-refractivity contribution is -0.148. The number of rotatable bonds is 7. The average Bonchev–Trinajstić information content (AvgIpc) is 2.92. The zero-order valence-corrected chi connectivity index (χ0v) is 24.3. The lowest BCUT2D eigenvalue weighted by atomic mass is 9.58. The number of halogens is 1. The van der Waals surface area contributed by atoms with Crippen LogP contribution in [-0.4, -0.2) is 87.8 Å². The predicted octanol–water partition coefficient (Wildman–Crippen LogP) is 2.07. The largest absolute Gasteiger partial charge is 0.510 e. The summed E-state index contributed by atoms with van der Waals surface area (Å²) in [5, 5.41) is 46.1. The molecule has 0 saturated carbocycles. The van der Waals surface area contributed by atoms with Crippen molar-refractivity contribution in [2.45, 2.75) is 37.6 Å². The number of carbonyl (C=O) groups excluding carboxylic acids is 3. The molecule has 6 N–H and O–H groups in total. The molecule has 0 aliphatic heterocycles. The number of hydrogen-bond donors (Lipinski definition) is 5. The maximum atomic E-state index is 15.1. The van der Waals surface area contributed by atoms with Crippen LogP contribution in [0.3, 0.4) is 0 Å². The normalized spacial score (nSPS) is 25.2. The molecule has 2 aromatic carbocycles. The van der Waals surface area contributed by atoms with Gasteiger partial charge in [-0.05, 0) is 50.0 Å². The van der Waals surface area contributed by atoms with Gasteiger partial charge in [0.2, 0.25) is 5.78 Å². The summed E-state index contributed by atoms with van der Waals surface area (Å²) >= 11 is 0. The van der Waals surface area contributed by atoms with E-state index in [4.69, 9.17) is 5.73 Å². The van der Waals surface area contributed by atoms with Crippen molar-refractivity contribution in [1.29, 1.82) is 0 Å². The van der Waals surface area contributed by atoms with Gasteiger partial charge in [0.25, 0.3) is 5.91 Å². The van der Waals surface area contributed by atoms with Gasteiger partial charge in [-0.2, -0.15) is 0 Å². The van der Waals surface area contributed by atoms with E-state index in [-0.39, 0.29) is 42.6 Å². The van der Waals surface area contributed by atoms with E-state index in [0.717, 1.165) is 0 Å². The van der Waals surface area contributed by atoms with Gasteiger partial charge in [-0.1, -0.05) is 30.3 Å². The number of carbonyl (C=O) groups is 3. The van der Waals surface area contributed by atoms with Crippen molar-refractivity contribution in [3.8, 4) is 5.75 Å². The molecule has 4 atom stereocenters. The lowest BCUT2D eigenvalue weighted by Gasteiger charge is -2.50. The quantitative estimate of drug-likeness (QED) is 0.236. The maximum absolute atomic E-state index is 15.1. The molecule has 2 aromatic rings. The summed E-state index contributed by atoms with van der Waals surface area (Å²) in [4.78, 5) is 43.0. The van der Waals surface area contributed by atoms with Crippen LogP contribution in [0.1, 0.15) is 33.5 Å². The zero-order chi connectivity index (χ0) is 31.5. The van der Waals surface area contributed by atoms with Crippen molar-refractivity contribution in [2.75, 3.05) is 33.1 Å². The Morgan fingerprint density at radius 1 is 1.07 bits per heavy atom. The van der Waals surface area contributed by atoms with Gasteiger partial charge in [0.05, 0.1) is 24.7 Å². The second-order valence-electron chi connectivity index (χ2n) is 11.9. The highest BCUT2D eigenvalue weighted by Gasteiger charge is 2.63. The van der Waals surface area contributed by atoms with Crippen LogP contribution in [0.15, 0.2) is 59.1 Å². The lowest BCUT2D eigenvalue weighted by Crippen LogP contribution is -2.63. The third-order valence-corrected chi connectivity index (χ3v) is 8.80. The van der Waals surface area contributed by atoms with Gasteiger partial charge >= 0.3 is 0 Å². The first-order valence-electron chi connectivity index (χ1n) is 13.8. The molecule has 228 valence electrons. The number of fused-ring (bicyclic) bond motifs is 3. The van der Waals surface area contributed by atoms with Gasteiger partial charge in [0, 0.05) is 36.8 Å². The highest BCUT2D eigenvalue weighted by atomic mass is 19.2. The fraction of sp³-hybridized carbons (Fsp3) is 0.387. The Labute approximate surface area is 247 Å². The number of aliphatic hydroxyl groups excluding tert-OH is 2. The summed E-state index contributed by atoms with van der Waals surface area (Å²) in [6.45, 7) is -0.416. The van der Waals surface area contributed by atoms with E-state index in [2.05, 4.69) is 0 Å². The molecular weight excluding hydrogens is 559 g/mol. The number of likely N-dealkylation sites (N-methyl/N-ethyl adjacent to an activating group) is 1. The summed E-state index contributed by atoms with van der Waals surface area (Å²) < 4.78 is 15.1. The number of amides is 1. The zero-order valence-electron chi connectivity index (χ0n) is 24.3.